The number of aliphatic hydroxyl groups excluding tert-OH is 1. The standard InChI is InChI=1S/C13H18N2OS/c1-10(2)15-6-5-11(14-15)8-12(16)9-13-4-3-7-17-13/h3-7,10,12,16H,8-9H2,1-2H3. The Balaban J connectivity index is 1.91. The molecule has 0 saturated heterocycles. The third-order valence-corrected chi connectivity index (χ3v) is 3.55. The van der Waals surface area contributed by atoms with Crippen molar-refractivity contribution in [1.82, 2.24) is 9.78 Å². The molecule has 2 heterocycles. The van der Waals surface area contributed by atoms with E-state index in [-0.39, 0.29) is 6.10 Å². The summed E-state index contributed by atoms with van der Waals surface area (Å²) in [6.07, 6.45) is 2.96. The molecule has 0 aliphatic carbocycles. The molecule has 0 aromatic carbocycles. The number of rotatable bonds is 5. The van der Waals surface area contributed by atoms with E-state index < -0.39 is 0 Å². The van der Waals surface area contributed by atoms with Gasteiger partial charge in [-0.15, -0.1) is 11.3 Å². The fourth-order valence-corrected chi connectivity index (χ4v) is 2.53. The van der Waals surface area contributed by atoms with Gasteiger partial charge in [-0.3, -0.25) is 4.68 Å². The van der Waals surface area contributed by atoms with Gasteiger partial charge in [0.15, 0.2) is 0 Å². The maximum Gasteiger partial charge on any atom is 0.0650 e. The quantitative estimate of drug-likeness (QED) is 0.886. The molecule has 1 N–H and O–H groups in total. The van der Waals surface area contributed by atoms with Crippen LogP contribution in [0.3, 0.4) is 0 Å². The average Bonchev–Trinajstić information content (AvgIpc) is 2.88. The predicted octanol–water partition coefficient (Wildman–Crippen LogP) is 2.67. The minimum absolute atomic E-state index is 0.343. The highest BCUT2D eigenvalue weighted by Crippen LogP contribution is 2.13. The molecule has 0 fully saturated rings. The Morgan fingerprint density at radius 3 is 2.76 bits per heavy atom. The summed E-state index contributed by atoms with van der Waals surface area (Å²) in [5.41, 5.74) is 0.961. The topological polar surface area (TPSA) is 38.0 Å². The van der Waals surface area contributed by atoms with E-state index in [1.54, 1.807) is 11.3 Å². The van der Waals surface area contributed by atoms with Crippen molar-refractivity contribution in [2.75, 3.05) is 0 Å². The van der Waals surface area contributed by atoms with Crippen LogP contribution in [0.2, 0.25) is 0 Å². The van der Waals surface area contributed by atoms with Gasteiger partial charge in [0.05, 0.1) is 11.8 Å². The van der Waals surface area contributed by atoms with Crippen molar-refractivity contribution in [3.8, 4) is 0 Å². The number of aliphatic hydroxyl groups is 1. The van der Waals surface area contributed by atoms with Crippen LogP contribution in [0.4, 0.5) is 0 Å². The predicted molar refractivity (Wildman–Crippen MR) is 70.3 cm³/mol. The number of hydrogen-bond donors (Lipinski definition) is 1. The van der Waals surface area contributed by atoms with E-state index in [0.29, 0.717) is 18.9 Å². The van der Waals surface area contributed by atoms with Crippen LogP contribution in [0.15, 0.2) is 29.8 Å². The molecule has 0 spiro atoms. The third kappa shape index (κ3) is 3.41. The Morgan fingerprint density at radius 1 is 1.35 bits per heavy atom. The summed E-state index contributed by atoms with van der Waals surface area (Å²) >= 11 is 1.69. The monoisotopic (exact) mass is 250 g/mol. The summed E-state index contributed by atoms with van der Waals surface area (Å²) in [6, 6.07) is 6.43. The van der Waals surface area contributed by atoms with Crippen molar-refractivity contribution < 1.29 is 5.11 Å². The van der Waals surface area contributed by atoms with Crippen molar-refractivity contribution in [2.24, 2.45) is 0 Å². The molecule has 0 radical (unpaired) electrons. The van der Waals surface area contributed by atoms with Crippen molar-refractivity contribution in [3.63, 3.8) is 0 Å². The van der Waals surface area contributed by atoms with Gasteiger partial charge in [-0.2, -0.15) is 5.10 Å². The lowest BCUT2D eigenvalue weighted by atomic mass is 10.1. The second-order valence-electron chi connectivity index (χ2n) is 4.52. The first-order valence-corrected chi connectivity index (χ1v) is 6.77. The van der Waals surface area contributed by atoms with Gasteiger partial charge in [-0.05, 0) is 31.4 Å². The van der Waals surface area contributed by atoms with Gasteiger partial charge >= 0.3 is 0 Å². The minimum atomic E-state index is -0.343. The minimum Gasteiger partial charge on any atom is -0.392 e. The molecular formula is C13H18N2OS. The summed E-state index contributed by atoms with van der Waals surface area (Å²) in [7, 11) is 0. The van der Waals surface area contributed by atoms with Crippen LogP contribution in [-0.4, -0.2) is 21.0 Å². The lowest BCUT2D eigenvalue weighted by Crippen LogP contribution is -2.14. The van der Waals surface area contributed by atoms with E-state index in [1.165, 1.54) is 4.88 Å². The summed E-state index contributed by atoms with van der Waals surface area (Å²) in [5.74, 6) is 0. The summed E-state index contributed by atoms with van der Waals surface area (Å²) < 4.78 is 1.92. The number of nitrogens with zero attached hydrogens (tertiary/aromatic N) is 2. The van der Waals surface area contributed by atoms with Gasteiger partial charge in [-0.25, -0.2) is 0 Å². The highest BCUT2D eigenvalue weighted by Gasteiger charge is 2.10. The van der Waals surface area contributed by atoms with Gasteiger partial charge in [0, 0.05) is 30.0 Å². The Hall–Kier alpha value is -1.13. The number of hydrogen-bond acceptors (Lipinski definition) is 3. The zero-order valence-electron chi connectivity index (χ0n) is 10.2. The molecule has 1 atom stereocenters. The van der Waals surface area contributed by atoms with E-state index in [2.05, 4.69) is 25.0 Å². The van der Waals surface area contributed by atoms with Crippen LogP contribution in [0, 0.1) is 0 Å². The van der Waals surface area contributed by atoms with Crippen LogP contribution in [-0.2, 0) is 12.8 Å². The van der Waals surface area contributed by atoms with Crippen LogP contribution in [0.5, 0.6) is 0 Å². The van der Waals surface area contributed by atoms with Gasteiger partial charge in [0.2, 0.25) is 0 Å². The average molecular weight is 250 g/mol. The fourth-order valence-electron chi connectivity index (χ4n) is 1.75. The van der Waals surface area contributed by atoms with E-state index in [4.69, 9.17) is 0 Å². The van der Waals surface area contributed by atoms with Gasteiger partial charge in [0.1, 0.15) is 0 Å². The summed E-state index contributed by atoms with van der Waals surface area (Å²) in [4.78, 5) is 1.22. The maximum absolute atomic E-state index is 9.98. The molecule has 2 rings (SSSR count). The van der Waals surface area contributed by atoms with Gasteiger partial charge in [-0.1, -0.05) is 6.07 Å². The highest BCUT2D eigenvalue weighted by atomic mass is 32.1. The van der Waals surface area contributed by atoms with Crippen LogP contribution >= 0.6 is 11.3 Å². The van der Waals surface area contributed by atoms with E-state index in [1.807, 2.05) is 28.4 Å². The SMILES string of the molecule is CC(C)n1ccc(CC(O)Cc2cccs2)n1. The Bertz CT molecular complexity index is 448. The molecular weight excluding hydrogens is 232 g/mol. The van der Waals surface area contributed by atoms with Crippen molar-refractivity contribution in [3.05, 3.63) is 40.3 Å². The lowest BCUT2D eigenvalue weighted by molar-refractivity contribution is 0.175. The van der Waals surface area contributed by atoms with Crippen LogP contribution in [0.25, 0.3) is 0 Å². The van der Waals surface area contributed by atoms with Crippen molar-refractivity contribution in [1.29, 1.82) is 0 Å². The molecule has 0 saturated carbocycles. The molecule has 2 aromatic rings. The highest BCUT2D eigenvalue weighted by molar-refractivity contribution is 7.09. The first kappa shape index (κ1) is 12.3. The smallest absolute Gasteiger partial charge is 0.0650 e. The van der Waals surface area contributed by atoms with Crippen LogP contribution < -0.4 is 0 Å². The molecule has 0 aliphatic heterocycles. The van der Waals surface area contributed by atoms with E-state index in [0.717, 1.165) is 5.69 Å². The number of aromatic nitrogens is 2. The fraction of sp³-hybridized carbons (Fsp3) is 0.462. The molecule has 2 aromatic heterocycles. The van der Waals surface area contributed by atoms with Gasteiger partial charge in [0.25, 0.3) is 0 Å². The van der Waals surface area contributed by atoms with Crippen molar-refractivity contribution in [2.45, 2.75) is 38.8 Å². The van der Waals surface area contributed by atoms with E-state index in [9.17, 15) is 5.11 Å². The largest absolute Gasteiger partial charge is 0.392 e. The molecule has 17 heavy (non-hydrogen) atoms. The molecule has 0 aliphatic rings. The molecule has 3 nitrogen and oxygen atoms in total. The summed E-state index contributed by atoms with van der Waals surface area (Å²) in [6.45, 7) is 4.19. The second-order valence-corrected chi connectivity index (χ2v) is 5.55. The molecule has 1 unspecified atom stereocenters. The molecule has 4 heteroatoms. The first-order valence-electron chi connectivity index (χ1n) is 5.89. The van der Waals surface area contributed by atoms with Crippen molar-refractivity contribution >= 4 is 11.3 Å². The molecule has 0 amide bonds. The van der Waals surface area contributed by atoms with E-state index >= 15 is 0 Å². The first-order chi connectivity index (χ1) is 8.15. The Kier molecular flexibility index (Phi) is 3.97. The maximum atomic E-state index is 9.98. The molecule has 0 bridgehead atoms. The summed E-state index contributed by atoms with van der Waals surface area (Å²) in [5, 5.41) is 16.5. The zero-order valence-corrected chi connectivity index (χ0v) is 11.0. The normalized spacial score (nSPS) is 13.2. The second kappa shape index (κ2) is 5.47. The molecule has 92 valence electrons. The van der Waals surface area contributed by atoms with Gasteiger partial charge < -0.3 is 5.11 Å². The zero-order chi connectivity index (χ0) is 12.3. The lowest BCUT2D eigenvalue weighted by Gasteiger charge is -2.07. The third-order valence-electron chi connectivity index (χ3n) is 2.65. The van der Waals surface area contributed by atoms with Crippen LogP contribution in [0.1, 0.15) is 30.5 Å². The Labute approximate surface area is 106 Å². The number of thiophene rings is 1. The Morgan fingerprint density at radius 2 is 2.18 bits per heavy atom.